The van der Waals surface area contributed by atoms with Gasteiger partial charge in [0.2, 0.25) is 0 Å². The SMILES string of the molecule is COCCNC1CCc2c(sc3ncn(Cc4c(OC)ccc5ccccc45)c(=O)c23)C1. The smallest absolute Gasteiger partial charge is 0.262 e. The number of benzene rings is 2. The lowest BCUT2D eigenvalue weighted by Gasteiger charge is -2.23. The second-order valence-corrected chi connectivity index (χ2v) is 9.30. The van der Waals surface area contributed by atoms with Gasteiger partial charge in [-0.25, -0.2) is 4.98 Å². The maximum absolute atomic E-state index is 13.6. The third-order valence-electron chi connectivity index (χ3n) is 6.32. The Bertz CT molecular complexity index is 1330. The van der Waals surface area contributed by atoms with E-state index >= 15 is 0 Å². The zero-order valence-corrected chi connectivity index (χ0v) is 19.2. The molecule has 0 saturated heterocycles. The fourth-order valence-corrected chi connectivity index (χ4v) is 5.95. The van der Waals surface area contributed by atoms with Crippen LogP contribution in [-0.4, -0.2) is 43.0 Å². The molecular formula is C25H27N3O3S. The van der Waals surface area contributed by atoms with E-state index in [-0.39, 0.29) is 5.56 Å². The summed E-state index contributed by atoms with van der Waals surface area (Å²) in [7, 11) is 3.39. The molecule has 0 amide bonds. The number of aryl methyl sites for hydroxylation is 1. The van der Waals surface area contributed by atoms with Crippen molar-refractivity contribution < 1.29 is 9.47 Å². The Morgan fingerprint density at radius 2 is 2.09 bits per heavy atom. The van der Waals surface area contributed by atoms with Crippen molar-refractivity contribution in [1.29, 1.82) is 0 Å². The highest BCUT2D eigenvalue weighted by molar-refractivity contribution is 7.18. The van der Waals surface area contributed by atoms with Crippen LogP contribution in [0.2, 0.25) is 0 Å². The number of hydrogen-bond donors (Lipinski definition) is 1. The molecule has 1 aliphatic rings. The lowest BCUT2D eigenvalue weighted by molar-refractivity contribution is 0.194. The topological polar surface area (TPSA) is 65.4 Å². The van der Waals surface area contributed by atoms with Crippen molar-refractivity contribution in [2.45, 2.75) is 31.8 Å². The van der Waals surface area contributed by atoms with Crippen molar-refractivity contribution in [2.24, 2.45) is 0 Å². The van der Waals surface area contributed by atoms with Crippen molar-refractivity contribution in [3.05, 3.63) is 69.1 Å². The summed E-state index contributed by atoms with van der Waals surface area (Å²) in [6.07, 6.45) is 4.55. The zero-order chi connectivity index (χ0) is 22.1. The standard InChI is InChI=1S/C25H27N3O3S/c1-30-12-11-26-17-8-9-19-22(13-17)32-24-23(19)25(29)28(15-27-24)14-20-18-6-4-3-5-16(18)7-10-21(20)31-2/h3-7,10,15,17,26H,8-9,11-14H2,1-2H3. The van der Waals surface area contributed by atoms with Gasteiger partial charge in [-0.15, -0.1) is 11.3 Å². The van der Waals surface area contributed by atoms with E-state index in [9.17, 15) is 4.79 Å². The van der Waals surface area contributed by atoms with Crippen molar-refractivity contribution in [3.8, 4) is 5.75 Å². The van der Waals surface area contributed by atoms with Crippen LogP contribution in [0.4, 0.5) is 0 Å². The van der Waals surface area contributed by atoms with Gasteiger partial charge in [-0.05, 0) is 41.7 Å². The molecule has 1 unspecified atom stereocenters. The van der Waals surface area contributed by atoms with Crippen molar-refractivity contribution in [1.82, 2.24) is 14.9 Å². The van der Waals surface area contributed by atoms with Crippen LogP contribution < -0.4 is 15.6 Å². The van der Waals surface area contributed by atoms with Crippen LogP contribution in [0.15, 0.2) is 47.5 Å². The van der Waals surface area contributed by atoms with E-state index in [1.165, 1.54) is 10.4 Å². The van der Waals surface area contributed by atoms with Gasteiger partial charge in [0.05, 0.1) is 32.0 Å². The predicted octanol–water partition coefficient (Wildman–Crippen LogP) is 3.76. The molecule has 1 aliphatic carbocycles. The molecule has 0 aliphatic heterocycles. The number of hydrogen-bond acceptors (Lipinski definition) is 6. The maximum atomic E-state index is 13.6. The third-order valence-corrected chi connectivity index (χ3v) is 7.48. The number of nitrogens with one attached hydrogen (secondary N) is 1. The highest BCUT2D eigenvalue weighted by Crippen LogP contribution is 2.34. The summed E-state index contributed by atoms with van der Waals surface area (Å²) in [5, 5.41) is 6.58. The fraction of sp³-hybridized carbons (Fsp3) is 0.360. The molecule has 2 aromatic carbocycles. The van der Waals surface area contributed by atoms with Gasteiger partial charge in [0.25, 0.3) is 5.56 Å². The summed E-state index contributed by atoms with van der Waals surface area (Å²) in [5.74, 6) is 0.785. The minimum absolute atomic E-state index is 0.0354. The Morgan fingerprint density at radius 3 is 2.94 bits per heavy atom. The van der Waals surface area contributed by atoms with E-state index in [0.29, 0.717) is 19.2 Å². The lowest BCUT2D eigenvalue weighted by atomic mass is 9.93. The number of ether oxygens (including phenoxy) is 2. The van der Waals surface area contributed by atoms with E-state index in [2.05, 4.69) is 22.4 Å². The van der Waals surface area contributed by atoms with E-state index < -0.39 is 0 Å². The summed E-state index contributed by atoms with van der Waals surface area (Å²) < 4.78 is 12.5. The van der Waals surface area contributed by atoms with Gasteiger partial charge in [-0.3, -0.25) is 9.36 Å². The average Bonchev–Trinajstić information content (AvgIpc) is 3.19. The summed E-state index contributed by atoms with van der Waals surface area (Å²) in [6, 6.07) is 12.6. The molecule has 32 heavy (non-hydrogen) atoms. The first-order valence-corrected chi connectivity index (χ1v) is 11.8. The monoisotopic (exact) mass is 449 g/mol. The first-order valence-electron chi connectivity index (χ1n) is 11.0. The number of fused-ring (bicyclic) bond motifs is 4. The molecular weight excluding hydrogens is 422 g/mol. The summed E-state index contributed by atoms with van der Waals surface area (Å²) in [5.41, 5.74) is 2.22. The third kappa shape index (κ3) is 3.81. The molecule has 4 aromatic rings. The molecule has 1 N–H and O–H groups in total. The van der Waals surface area contributed by atoms with Crippen LogP contribution in [0.1, 0.15) is 22.4 Å². The first kappa shape index (κ1) is 21.1. The highest BCUT2D eigenvalue weighted by atomic mass is 32.1. The number of methoxy groups -OCH3 is 2. The van der Waals surface area contributed by atoms with Crippen LogP contribution in [-0.2, 0) is 24.1 Å². The molecule has 1 atom stereocenters. The largest absolute Gasteiger partial charge is 0.496 e. The second-order valence-electron chi connectivity index (χ2n) is 8.22. The molecule has 2 aromatic heterocycles. The number of thiophene rings is 1. The summed E-state index contributed by atoms with van der Waals surface area (Å²) in [6.45, 7) is 1.98. The van der Waals surface area contributed by atoms with Gasteiger partial charge in [-0.1, -0.05) is 30.3 Å². The van der Waals surface area contributed by atoms with E-state index in [0.717, 1.165) is 58.1 Å². The van der Waals surface area contributed by atoms with Crippen LogP contribution in [0.25, 0.3) is 21.0 Å². The second kappa shape index (κ2) is 9.02. The van der Waals surface area contributed by atoms with Gasteiger partial charge in [0.1, 0.15) is 10.6 Å². The van der Waals surface area contributed by atoms with E-state index in [4.69, 9.17) is 9.47 Å². The van der Waals surface area contributed by atoms with Crippen molar-refractivity contribution in [3.63, 3.8) is 0 Å². The molecule has 0 radical (unpaired) electrons. The molecule has 0 saturated carbocycles. The molecule has 6 nitrogen and oxygen atoms in total. The Labute approximate surface area is 190 Å². The number of aromatic nitrogens is 2. The molecule has 0 spiro atoms. The summed E-state index contributed by atoms with van der Waals surface area (Å²) >= 11 is 1.66. The molecule has 0 bridgehead atoms. The van der Waals surface area contributed by atoms with Gasteiger partial charge in [0, 0.05) is 30.1 Å². The Kier molecular flexibility index (Phi) is 5.95. The van der Waals surface area contributed by atoms with E-state index in [1.807, 2.05) is 24.3 Å². The van der Waals surface area contributed by atoms with Gasteiger partial charge in [0.15, 0.2) is 0 Å². The minimum Gasteiger partial charge on any atom is -0.496 e. The van der Waals surface area contributed by atoms with Gasteiger partial charge in [-0.2, -0.15) is 0 Å². The van der Waals surface area contributed by atoms with Gasteiger partial charge < -0.3 is 14.8 Å². The first-order chi connectivity index (χ1) is 15.7. The van der Waals surface area contributed by atoms with Crippen molar-refractivity contribution >= 4 is 32.3 Å². The molecule has 2 heterocycles. The van der Waals surface area contributed by atoms with Crippen LogP contribution in [0.3, 0.4) is 0 Å². The molecule has 5 rings (SSSR count). The van der Waals surface area contributed by atoms with Crippen LogP contribution in [0, 0.1) is 0 Å². The van der Waals surface area contributed by atoms with E-state index in [1.54, 1.807) is 36.5 Å². The number of nitrogens with zero attached hydrogens (tertiary/aromatic N) is 2. The van der Waals surface area contributed by atoms with Crippen LogP contribution >= 0.6 is 11.3 Å². The minimum atomic E-state index is 0.0354. The Balaban J connectivity index is 1.51. The summed E-state index contributed by atoms with van der Waals surface area (Å²) in [4.78, 5) is 20.4. The maximum Gasteiger partial charge on any atom is 0.262 e. The Hall–Kier alpha value is -2.74. The number of rotatable bonds is 7. The van der Waals surface area contributed by atoms with Crippen molar-refractivity contribution in [2.75, 3.05) is 27.4 Å². The highest BCUT2D eigenvalue weighted by Gasteiger charge is 2.25. The Morgan fingerprint density at radius 1 is 1.22 bits per heavy atom. The molecule has 0 fully saturated rings. The van der Waals surface area contributed by atoms with Gasteiger partial charge >= 0.3 is 0 Å². The predicted molar refractivity (Wildman–Crippen MR) is 129 cm³/mol. The zero-order valence-electron chi connectivity index (χ0n) is 18.4. The molecule has 166 valence electrons. The van der Waals surface area contributed by atoms with Crippen LogP contribution in [0.5, 0.6) is 5.75 Å². The average molecular weight is 450 g/mol. The quantitative estimate of drug-likeness (QED) is 0.435. The fourth-order valence-electron chi connectivity index (χ4n) is 4.69. The lowest BCUT2D eigenvalue weighted by Crippen LogP contribution is -2.36. The molecule has 7 heteroatoms. The normalized spacial score (nSPS) is 15.9.